The highest BCUT2D eigenvalue weighted by Crippen LogP contribution is 2.23. The quantitative estimate of drug-likeness (QED) is 0.693. The molecule has 0 bridgehead atoms. The number of benzene rings is 2. The molecule has 0 spiro atoms. The Balaban J connectivity index is 1.91. The molecule has 0 aliphatic heterocycles. The zero-order valence-corrected chi connectivity index (χ0v) is 13.4. The number of aromatic nitrogens is 2. The van der Waals surface area contributed by atoms with Crippen LogP contribution in [0.15, 0.2) is 60.8 Å². The Morgan fingerprint density at radius 1 is 1.00 bits per heavy atom. The zero-order chi connectivity index (χ0) is 16.1. The van der Waals surface area contributed by atoms with Gasteiger partial charge in [0.15, 0.2) is 0 Å². The van der Waals surface area contributed by atoms with Gasteiger partial charge in [-0.25, -0.2) is 4.68 Å². The maximum atomic E-state index is 5.70. The van der Waals surface area contributed by atoms with E-state index in [2.05, 4.69) is 17.2 Å². The average molecular weight is 308 g/mol. The summed E-state index contributed by atoms with van der Waals surface area (Å²) in [4.78, 5) is 0. The molecular weight excluding hydrogens is 288 g/mol. The van der Waals surface area contributed by atoms with E-state index in [-0.39, 0.29) is 0 Å². The van der Waals surface area contributed by atoms with Crippen molar-refractivity contribution in [1.29, 1.82) is 0 Å². The lowest BCUT2D eigenvalue weighted by atomic mass is 10.1. The van der Waals surface area contributed by atoms with Crippen molar-refractivity contribution < 1.29 is 9.47 Å². The normalized spacial score (nSPS) is 10.5. The van der Waals surface area contributed by atoms with E-state index >= 15 is 0 Å². The zero-order valence-electron chi connectivity index (χ0n) is 13.4. The van der Waals surface area contributed by atoms with Crippen LogP contribution < -0.4 is 9.47 Å². The van der Waals surface area contributed by atoms with E-state index in [1.54, 1.807) is 7.11 Å². The third kappa shape index (κ3) is 3.54. The topological polar surface area (TPSA) is 36.3 Å². The first-order chi connectivity index (χ1) is 11.3. The molecule has 0 unspecified atom stereocenters. The summed E-state index contributed by atoms with van der Waals surface area (Å²) in [5.41, 5.74) is 3.29. The molecule has 0 fully saturated rings. The fourth-order valence-corrected chi connectivity index (χ4v) is 2.46. The minimum atomic E-state index is 0.599. The maximum Gasteiger partial charge on any atom is 0.236 e. The third-order valence-corrected chi connectivity index (χ3v) is 3.61. The standard InChI is InChI=1S/C19H20N2O2/c1-3-23-19-16(13-15-7-5-4-6-8-15)14-21(20-19)17-9-11-18(22-2)12-10-17/h4-12,14H,3,13H2,1-2H3. The van der Waals surface area contributed by atoms with Crippen LogP contribution in [0.5, 0.6) is 11.6 Å². The summed E-state index contributed by atoms with van der Waals surface area (Å²) in [6.07, 6.45) is 2.83. The van der Waals surface area contributed by atoms with Gasteiger partial charge in [0.05, 0.1) is 19.4 Å². The van der Waals surface area contributed by atoms with Gasteiger partial charge in [-0.05, 0) is 36.8 Å². The first-order valence-electron chi connectivity index (χ1n) is 7.70. The van der Waals surface area contributed by atoms with Gasteiger partial charge < -0.3 is 9.47 Å². The molecule has 1 heterocycles. The fraction of sp³-hybridized carbons (Fsp3) is 0.211. The third-order valence-electron chi connectivity index (χ3n) is 3.61. The van der Waals surface area contributed by atoms with Gasteiger partial charge in [0.2, 0.25) is 5.88 Å². The number of ether oxygens (including phenoxy) is 2. The van der Waals surface area contributed by atoms with Crippen molar-refractivity contribution in [2.45, 2.75) is 13.3 Å². The lowest BCUT2D eigenvalue weighted by Crippen LogP contribution is -1.97. The summed E-state index contributed by atoms with van der Waals surface area (Å²) in [7, 11) is 1.66. The van der Waals surface area contributed by atoms with Gasteiger partial charge in [0.25, 0.3) is 0 Å². The maximum absolute atomic E-state index is 5.70. The molecule has 0 radical (unpaired) electrons. The largest absolute Gasteiger partial charge is 0.497 e. The molecule has 3 aromatic rings. The summed E-state index contributed by atoms with van der Waals surface area (Å²) in [6, 6.07) is 18.1. The lowest BCUT2D eigenvalue weighted by molar-refractivity contribution is 0.321. The molecule has 0 atom stereocenters. The number of methoxy groups -OCH3 is 1. The lowest BCUT2D eigenvalue weighted by Gasteiger charge is -2.03. The predicted octanol–water partition coefficient (Wildman–Crippen LogP) is 3.87. The minimum Gasteiger partial charge on any atom is -0.497 e. The summed E-state index contributed by atoms with van der Waals surface area (Å²) in [5, 5.41) is 4.58. The summed E-state index contributed by atoms with van der Waals surface area (Å²) >= 11 is 0. The summed E-state index contributed by atoms with van der Waals surface area (Å²) < 4.78 is 12.7. The second-order valence-electron chi connectivity index (χ2n) is 5.20. The van der Waals surface area contributed by atoms with Crippen LogP contribution in [-0.4, -0.2) is 23.5 Å². The number of nitrogens with zero attached hydrogens (tertiary/aromatic N) is 2. The van der Waals surface area contributed by atoms with Gasteiger partial charge in [-0.2, -0.15) is 0 Å². The molecule has 0 aliphatic carbocycles. The molecule has 1 aromatic heterocycles. The molecule has 3 rings (SSSR count). The van der Waals surface area contributed by atoms with Crippen LogP contribution in [-0.2, 0) is 6.42 Å². The molecule has 2 aromatic carbocycles. The van der Waals surface area contributed by atoms with Crippen molar-refractivity contribution in [2.24, 2.45) is 0 Å². The van der Waals surface area contributed by atoms with E-state index in [1.807, 2.05) is 60.3 Å². The van der Waals surface area contributed by atoms with Crippen LogP contribution in [0.3, 0.4) is 0 Å². The van der Waals surface area contributed by atoms with Crippen molar-refractivity contribution in [3.63, 3.8) is 0 Å². The number of hydrogen-bond acceptors (Lipinski definition) is 3. The van der Waals surface area contributed by atoms with E-state index in [0.717, 1.165) is 23.4 Å². The monoisotopic (exact) mass is 308 g/mol. The highest BCUT2D eigenvalue weighted by Gasteiger charge is 2.12. The van der Waals surface area contributed by atoms with Gasteiger partial charge in [0, 0.05) is 18.2 Å². The van der Waals surface area contributed by atoms with Crippen LogP contribution >= 0.6 is 0 Å². The smallest absolute Gasteiger partial charge is 0.236 e. The van der Waals surface area contributed by atoms with Crippen LogP contribution in [0.4, 0.5) is 0 Å². The van der Waals surface area contributed by atoms with Crippen molar-refractivity contribution in [3.05, 3.63) is 71.9 Å². The average Bonchev–Trinajstić information content (AvgIpc) is 2.99. The molecule has 0 saturated carbocycles. The minimum absolute atomic E-state index is 0.599. The Kier molecular flexibility index (Phi) is 4.62. The molecule has 0 aliphatic rings. The van der Waals surface area contributed by atoms with Crippen LogP contribution in [0.25, 0.3) is 5.69 Å². The van der Waals surface area contributed by atoms with Gasteiger partial charge >= 0.3 is 0 Å². The Bertz CT molecular complexity index is 749. The summed E-state index contributed by atoms with van der Waals surface area (Å²) in [5.74, 6) is 1.52. The molecule has 4 heteroatoms. The second-order valence-corrected chi connectivity index (χ2v) is 5.20. The van der Waals surface area contributed by atoms with Crippen LogP contribution in [0, 0.1) is 0 Å². The molecule has 0 saturated heterocycles. The van der Waals surface area contributed by atoms with Crippen LogP contribution in [0.2, 0.25) is 0 Å². The Hall–Kier alpha value is -2.75. The molecule has 23 heavy (non-hydrogen) atoms. The molecule has 0 N–H and O–H groups in total. The van der Waals surface area contributed by atoms with Crippen molar-refractivity contribution >= 4 is 0 Å². The van der Waals surface area contributed by atoms with E-state index in [9.17, 15) is 0 Å². The Morgan fingerprint density at radius 2 is 1.74 bits per heavy atom. The van der Waals surface area contributed by atoms with E-state index in [0.29, 0.717) is 12.5 Å². The second kappa shape index (κ2) is 7.01. The molecular formula is C19H20N2O2. The molecule has 0 amide bonds. The van der Waals surface area contributed by atoms with E-state index < -0.39 is 0 Å². The SMILES string of the molecule is CCOc1nn(-c2ccc(OC)cc2)cc1Cc1ccccc1. The van der Waals surface area contributed by atoms with Crippen LogP contribution in [0.1, 0.15) is 18.1 Å². The number of hydrogen-bond donors (Lipinski definition) is 0. The fourth-order valence-electron chi connectivity index (χ4n) is 2.46. The highest BCUT2D eigenvalue weighted by molar-refractivity contribution is 5.40. The van der Waals surface area contributed by atoms with Gasteiger partial charge in [-0.15, -0.1) is 5.10 Å². The van der Waals surface area contributed by atoms with Gasteiger partial charge in [-0.1, -0.05) is 30.3 Å². The first kappa shape index (κ1) is 15.2. The van der Waals surface area contributed by atoms with Crippen molar-refractivity contribution in [3.8, 4) is 17.3 Å². The molecule has 4 nitrogen and oxygen atoms in total. The summed E-state index contributed by atoms with van der Waals surface area (Å²) in [6.45, 7) is 2.57. The van der Waals surface area contributed by atoms with E-state index in [4.69, 9.17) is 9.47 Å². The van der Waals surface area contributed by atoms with Gasteiger partial charge in [-0.3, -0.25) is 0 Å². The highest BCUT2D eigenvalue weighted by atomic mass is 16.5. The predicted molar refractivity (Wildman–Crippen MR) is 90.5 cm³/mol. The first-order valence-corrected chi connectivity index (χ1v) is 7.70. The van der Waals surface area contributed by atoms with E-state index in [1.165, 1.54) is 5.56 Å². The molecule has 118 valence electrons. The van der Waals surface area contributed by atoms with Crippen molar-refractivity contribution in [1.82, 2.24) is 9.78 Å². The number of rotatable bonds is 6. The van der Waals surface area contributed by atoms with Crippen molar-refractivity contribution in [2.75, 3.05) is 13.7 Å². The Labute approximate surface area is 136 Å². The van der Waals surface area contributed by atoms with Gasteiger partial charge in [0.1, 0.15) is 5.75 Å². The Morgan fingerprint density at radius 3 is 2.39 bits per heavy atom.